The summed E-state index contributed by atoms with van der Waals surface area (Å²) in [5, 5.41) is 6.51. The van der Waals surface area contributed by atoms with Crippen LogP contribution in [0.3, 0.4) is 0 Å². The smallest absolute Gasteiger partial charge is 0.274 e. The van der Waals surface area contributed by atoms with Gasteiger partial charge in [0.25, 0.3) is 5.91 Å². The Morgan fingerprint density at radius 3 is 2.86 bits per heavy atom. The molecule has 1 aromatic rings. The number of aromatic nitrogens is 2. The van der Waals surface area contributed by atoms with Gasteiger partial charge in [-0.25, -0.2) is 8.78 Å². The lowest BCUT2D eigenvalue weighted by Gasteiger charge is -2.26. The average Bonchev–Trinajstić information content (AvgIpc) is 3.08. The monoisotopic (exact) mass is 401 g/mol. The number of halogens is 2. The van der Waals surface area contributed by atoms with Gasteiger partial charge in [-0.15, -0.1) is 0 Å². The summed E-state index contributed by atoms with van der Waals surface area (Å²) in [6, 6.07) is -0.507. The summed E-state index contributed by atoms with van der Waals surface area (Å²) in [6.45, 7) is 0. The maximum absolute atomic E-state index is 14.1. The van der Waals surface area contributed by atoms with E-state index in [1.807, 2.05) is 0 Å². The summed E-state index contributed by atoms with van der Waals surface area (Å²) in [6.07, 6.45) is 10.4. The van der Waals surface area contributed by atoms with Crippen LogP contribution >= 0.6 is 0 Å². The Hall–Kier alpha value is -3.56. The highest BCUT2D eigenvalue weighted by Crippen LogP contribution is 2.32. The molecule has 2 atom stereocenters. The van der Waals surface area contributed by atoms with Crippen molar-refractivity contribution in [3.05, 3.63) is 65.4 Å². The van der Waals surface area contributed by atoms with Crippen molar-refractivity contribution in [2.24, 2.45) is 34.4 Å². The van der Waals surface area contributed by atoms with Crippen molar-refractivity contribution in [2.75, 3.05) is 0 Å². The second kappa shape index (κ2) is 8.63. The summed E-state index contributed by atoms with van der Waals surface area (Å²) in [5.74, 6) is -2.34. The number of aliphatic imine (C=N–C) groups is 2. The van der Waals surface area contributed by atoms with E-state index in [-0.39, 0.29) is 23.7 Å². The van der Waals surface area contributed by atoms with Crippen LogP contribution in [0.2, 0.25) is 0 Å². The van der Waals surface area contributed by atoms with E-state index in [9.17, 15) is 13.6 Å². The van der Waals surface area contributed by atoms with E-state index in [4.69, 9.17) is 11.5 Å². The first-order chi connectivity index (χ1) is 13.8. The molecule has 0 saturated heterocycles. The molecule has 2 aliphatic rings. The molecule has 1 amide bonds. The molecular formula is C19H21F2N7O. The number of amidine groups is 1. The molecule has 2 heterocycles. The number of allylic oxidation sites excluding steroid dienone is 3. The number of nitrogens with two attached hydrogens (primary N) is 2. The molecule has 3 rings (SSSR count). The fraction of sp³-hybridized carbons (Fsp3) is 0.263. The molecule has 8 nitrogen and oxygen atoms in total. The number of dihydropyridines is 1. The molecule has 0 saturated carbocycles. The third-order valence-corrected chi connectivity index (χ3v) is 4.47. The molecule has 0 fully saturated rings. The van der Waals surface area contributed by atoms with Crippen molar-refractivity contribution in [1.29, 1.82) is 0 Å². The van der Waals surface area contributed by atoms with Crippen molar-refractivity contribution < 1.29 is 13.6 Å². The van der Waals surface area contributed by atoms with E-state index in [1.54, 1.807) is 30.2 Å². The SMILES string of the molecule is Cn1cc(/C=N/C=C(\N)C(=O)NC2=NC(C3CC=C(F)C=C3F)CC=C2N)cn1. The summed E-state index contributed by atoms with van der Waals surface area (Å²) in [5.41, 5.74) is 12.5. The number of rotatable bonds is 4. The lowest BCUT2D eigenvalue weighted by Crippen LogP contribution is -2.40. The van der Waals surface area contributed by atoms with Crippen molar-refractivity contribution in [1.82, 2.24) is 15.1 Å². The number of amides is 1. The van der Waals surface area contributed by atoms with Crippen LogP contribution in [0, 0.1) is 5.92 Å². The quantitative estimate of drug-likeness (QED) is 0.522. The Kier molecular flexibility index (Phi) is 6.01. The van der Waals surface area contributed by atoms with Crippen LogP contribution < -0.4 is 16.8 Å². The van der Waals surface area contributed by atoms with Crippen LogP contribution in [0.5, 0.6) is 0 Å². The second-order valence-electron chi connectivity index (χ2n) is 6.66. The second-order valence-corrected chi connectivity index (χ2v) is 6.66. The third-order valence-electron chi connectivity index (χ3n) is 4.47. The Morgan fingerprint density at radius 2 is 2.17 bits per heavy atom. The van der Waals surface area contributed by atoms with Crippen LogP contribution in [0.4, 0.5) is 8.78 Å². The van der Waals surface area contributed by atoms with Crippen molar-refractivity contribution in [3.63, 3.8) is 0 Å². The Bertz CT molecular complexity index is 984. The molecule has 0 bridgehead atoms. The molecular weight excluding hydrogens is 380 g/mol. The number of carbonyl (C=O) groups excluding carboxylic acids is 1. The maximum Gasteiger partial charge on any atom is 0.274 e. The van der Waals surface area contributed by atoms with Gasteiger partial charge in [-0.05, 0) is 18.9 Å². The highest BCUT2D eigenvalue weighted by Gasteiger charge is 2.29. The minimum absolute atomic E-state index is 0.0988. The topological polar surface area (TPSA) is 124 Å². The molecule has 0 radical (unpaired) electrons. The Balaban J connectivity index is 1.67. The molecule has 29 heavy (non-hydrogen) atoms. The maximum atomic E-state index is 14.1. The first kappa shape index (κ1) is 20.2. The van der Waals surface area contributed by atoms with Gasteiger partial charge in [0.15, 0.2) is 5.84 Å². The third kappa shape index (κ3) is 5.03. The summed E-state index contributed by atoms with van der Waals surface area (Å²) < 4.78 is 28.9. The first-order valence-electron chi connectivity index (χ1n) is 8.89. The predicted molar refractivity (Wildman–Crippen MR) is 106 cm³/mol. The molecule has 0 aromatic carbocycles. The van der Waals surface area contributed by atoms with Gasteiger partial charge in [0.1, 0.15) is 17.4 Å². The van der Waals surface area contributed by atoms with E-state index >= 15 is 0 Å². The Labute approximate surface area is 166 Å². The average molecular weight is 401 g/mol. The van der Waals surface area contributed by atoms with Crippen molar-refractivity contribution in [2.45, 2.75) is 18.9 Å². The molecule has 1 aliphatic carbocycles. The van der Waals surface area contributed by atoms with Gasteiger partial charge in [-0.2, -0.15) is 5.10 Å². The van der Waals surface area contributed by atoms with Crippen molar-refractivity contribution in [3.8, 4) is 0 Å². The minimum atomic E-state index is -0.644. The summed E-state index contributed by atoms with van der Waals surface area (Å²) in [7, 11) is 1.77. The number of hydrogen-bond acceptors (Lipinski definition) is 6. The molecule has 5 N–H and O–H groups in total. The zero-order valence-corrected chi connectivity index (χ0v) is 15.7. The van der Waals surface area contributed by atoms with E-state index < -0.39 is 29.5 Å². The molecule has 1 aromatic heterocycles. The van der Waals surface area contributed by atoms with E-state index in [2.05, 4.69) is 20.4 Å². The minimum Gasteiger partial charge on any atom is -0.396 e. The summed E-state index contributed by atoms with van der Waals surface area (Å²) >= 11 is 0. The number of aryl methyl sites for hydroxylation is 1. The van der Waals surface area contributed by atoms with Crippen molar-refractivity contribution >= 4 is 18.0 Å². The van der Waals surface area contributed by atoms with Gasteiger partial charge < -0.3 is 16.8 Å². The van der Waals surface area contributed by atoms with Crippen LogP contribution in [-0.4, -0.2) is 33.8 Å². The van der Waals surface area contributed by atoms with Gasteiger partial charge >= 0.3 is 0 Å². The van der Waals surface area contributed by atoms with Crippen LogP contribution in [0.15, 0.2) is 69.9 Å². The van der Waals surface area contributed by atoms with Crippen LogP contribution in [0.25, 0.3) is 0 Å². The van der Waals surface area contributed by atoms with E-state index in [0.29, 0.717) is 6.42 Å². The zero-order valence-electron chi connectivity index (χ0n) is 15.7. The Morgan fingerprint density at radius 1 is 1.38 bits per heavy atom. The fourth-order valence-electron chi connectivity index (χ4n) is 2.94. The van der Waals surface area contributed by atoms with E-state index in [1.165, 1.54) is 18.5 Å². The highest BCUT2D eigenvalue weighted by atomic mass is 19.1. The lowest BCUT2D eigenvalue weighted by atomic mass is 9.88. The number of nitrogens with zero attached hydrogens (tertiary/aromatic N) is 4. The summed E-state index contributed by atoms with van der Waals surface area (Å²) in [4.78, 5) is 20.6. The molecule has 10 heteroatoms. The molecule has 2 unspecified atom stereocenters. The standard InChI is InChI=1S/C19H21F2N7O/c1-28-10-11(8-25-28)7-24-9-16(23)19(29)27-18-15(22)4-5-17(26-18)13-3-2-12(20)6-14(13)21/h2,4,6-10,13,17H,3,5,22-23H2,1H3,(H,26,27,29)/b16-9-,24-7+. The van der Waals surface area contributed by atoms with Gasteiger partial charge in [0.05, 0.1) is 24.1 Å². The van der Waals surface area contributed by atoms with E-state index in [0.717, 1.165) is 11.6 Å². The predicted octanol–water partition coefficient (Wildman–Crippen LogP) is 1.50. The van der Waals surface area contributed by atoms with Crippen LogP contribution in [0.1, 0.15) is 18.4 Å². The van der Waals surface area contributed by atoms with Gasteiger partial charge in [0.2, 0.25) is 0 Å². The zero-order chi connectivity index (χ0) is 21.0. The number of carbonyl (C=O) groups is 1. The molecule has 1 aliphatic heterocycles. The normalized spacial score (nSPS) is 22.7. The molecule has 152 valence electrons. The number of hydrogen-bond donors (Lipinski definition) is 3. The highest BCUT2D eigenvalue weighted by molar-refractivity contribution is 6.11. The lowest BCUT2D eigenvalue weighted by molar-refractivity contribution is -0.116. The van der Waals surface area contributed by atoms with Gasteiger partial charge in [0, 0.05) is 37.0 Å². The fourth-order valence-corrected chi connectivity index (χ4v) is 2.94. The molecule has 0 spiro atoms. The van der Waals surface area contributed by atoms with Gasteiger partial charge in [-0.3, -0.25) is 19.5 Å². The van der Waals surface area contributed by atoms with Gasteiger partial charge in [-0.1, -0.05) is 6.08 Å². The number of nitrogens with one attached hydrogen (secondary N) is 1. The largest absolute Gasteiger partial charge is 0.396 e. The van der Waals surface area contributed by atoms with Crippen LogP contribution in [-0.2, 0) is 11.8 Å². The first-order valence-corrected chi connectivity index (χ1v) is 8.89.